The maximum Gasteiger partial charge on any atom is 0.263 e. The minimum Gasteiger partial charge on any atom is -0.324 e. The lowest BCUT2D eigenvalue weighted by molar-refractivity contribution is -0.123. The lowest BCUT2D eigenvalue weighted by atomic mass is 10.1. The van der Waals surface area contributed by atoms with Crippen LogP contribution in [-0.2, 0) is 14.4 Å². The van der Waals surface area contributed by atoms with E-state index in [1.165, 1.54) is 23.2 Å². The van der Waals surface area contributed by atoms with Gasteiger partial charge in [0.15, 0.2) is 12.1 Å². The predicted molar refractivity (Wildman–Crippen MR) is 97.8 cm³/mol. The molecule has 8 nitrogen and oxygen atoms in total. The average molecular weight is 381 g/mol. The molecule has 0 aliphatic carbocycles. The molecule has 0 radical (unpaired) electrons. The summed E-state index contributed by atoms with van der Waals surface area (Å²) in [6.45, 7) is 1.69. The Labute approximate surface area is 159 Å². The predicted octanol–water partition coefficient (Wildman–Crippen LogP) is 2.07. The van der Waals surface area contributed by atoms with Gasteiger partial charge in [-0.2, -0.15) is 5.11 Å². The Morgan fingerprint density at radius 3 is 2.61 bits per heavy atom. The quantitative estimate of drug-likeness (QED) is 0.821. The zero-order chi connectivity index (χ0) is 19.8. The molecule has 2 atom stereocenters. The summed E-state index contributed by atoms with van der Waals surface area (Å²) in [4.78, 5) is 38.6. The fourth-order valence-corrected chi connectivity index (χ4v) is 3.21. The van der Waals surface area contributed by atoms with Crippen molar-refractivity contribution in [2.24, 2.45) is 10.3 Å². The first kappa shape index (κ1) is 17.8. The smallest absolute Gasteiger partial charge is 0.263 e. The van der Waals surface area contributed by atoms with Crippen LogP contribution in [0.2, 0.25) is 0 Å². The van der Waals surface area contributed by atoms with Crippen LogP contribution in [0.4, 0.5) is 15.8 Å². The number of nitrogens with zero attached hydrogens (tertiary/aromatic N) is 4. The van der Waals surface area contributed by atoms with E-state index in [1.807, 2.05) is 19.1 Å². The zero-order valence-corrected chi connectivity index (χ0v) is 14.9. The molecule has 0 unspecified atom stereocenters. The molecule has 28 heavy (non-hydrogen) atoms. The lowest BCUT2D eigenvalue weighted by Gasteiger charge is -2.20. The van der Waals surface area contributed by atoms with Crippen molar-refractivity contribution >= 4 is 29.1 Å². The molecule has 4 rings (SSSR count). The second kappa shape index (κ2) is 6.84. The number of fused-ring (bicyclic) bond motifs is 1. The minimum atomic E-state index is -1.04. The summed E-state index contributed by atoms with van der Waals surface area (Å²) >= 11 is 0. The molecule has 2 heterocycles. The first-order chi connectivity index (χ1) is 13.4. The van der Waals surface area contributed by atoms with Crippen molar-refractivity contribution in [2.75, 3.05) is 16.8 Å². The number of hydrogen-bond donors (Lipinski definition) is 1. The van der Waals surface area contributed by atoms with E-state index in [2.05, 4.69) is 15.7 Å². The molecule has 0 bridgehead atoms. The third-order valence-corrected chi connectivity index (χ3v) is 4.57. The fraction of sp³-hybridized carbons (Fsp3) is 0.211. The third-order valence-electron chi connectivity index (χ3n) is 4.57. The van der Waals surface area contributed by atoms with Crippen molar-refractivity contribution in [3.8, 4) is 0 Å². The van der Waals surface area contributed by atoms with Crippen molar-refractivity contribution in [1.29, 1.82) is 0 Å². The van der Waals surface area contributed by atoms with Crippen LogP contribution in [0, 0.1) is 12.7 Å². The van der Waals surface area contributed by atoms with Gasteiger partial charge in [-0.15, -0.1) is 0 Å². The van der Waals surface area contributed by atoms with Gasteiger partial charge in [0, 0.05) is 5.69 Å². The van der Waals surface area contributed by atoms with Gasteiger partial charge < -0.3 is 5.32 Å². The summed E-state index contributed by atoms with van der Waals surface area (Å²) in [6, 6.07) is 10.4. The Balaban J connectivity index is 1.49. The van der Waals surface area contributed by atoms with E-state index in [4.69, 9.17) is 0 Å². The van der Waals surface area contributed by atoms with Crippen molar-refractivity contribution in [3.63, 3.8) is 0 Å². The van der Waals surface area contributed by atoms with Crippen LogP contribution in [0.25, 0.3) is 0 Å². The molecule has 3 amide bonds. The summed E-state index contributed by atoms with van der Waals surface area (Å²) < 4.78 is 13.5. The summed E-state index contributed by atoms with van der Waals surface area (Å²) in [7, 11) is 0. The highest BCUT2D eigenvalue weighted by Crippen LogP contribution is 2.31. The summed E-state index contributed by atoms with van der Waals surface area (Å²) in [5.74, 6) is -2.14. The second-order valence-electron chi connectivity index (χ2n) is 6.60. The van der Waals surface area contributed by atoms with E-state index in [0.717, 1.165) is 16.5 Å². The third kappa shape index (κ3) is 3.11. The van der Waals surface area contributed by atoms with Crippen LogP contribution in [0.5, 0.6) is 0 Å². The molecule has 0 aromatic heterocycles. The largest absolute Gasteiger partial charge is 0.324 e. The van der Waals surface area contributed by atoms with Crippen molar-refractivity contribution in [2.45, 2.75) is 19.0 Å². The van der Waals surface area contributed by atoms with E-state index in [-0.39, 0.29) is 12.2 Å². The molecular weight excluding hydrogens is 365 g/mol. The van der Waals surface area contributed by atoms with Crippen LogP contribution in [0.1, 0.15) is 5.56 Å². The zero-order valence-electron chi connectivity index (χ0n) is 14.9. The standard InChI is InChI=1S/C19H16FN5O3/c1-11-5-7-13(8-6-11)21-15(26)10-24-17-16(22-23-24)18(27)25(19(17)28)14-4-2-3-12(20)9-14/h2-9,16-17H,10H2,1H3,(H,21,26)/t16-,17-/m0/s1. The van der Waals surface area contributed by atoms with E-state index in [9.17, 15) is 18.8 Å². The number of hydrogen-bond acceptors (Lipinski definition) is 6. The number of benzene rings is 2. The molecule has 9 heteroatoms. The number of amides is 3. The number of nitrogens with one attached hydrogen (secondary N) is 1. The monoisotopic (exact) mass is 381 g/mol. The van der Waals surface area contributed by atoms with Gasteiger partial charge in [0.25, 0.3) is 11.8 Å². The van der Waals surface area contributed by atoms with Crippen LogP contribution in [0.3, 0.4) is 0 Å². The molecule has 2 aromatic rings. The normalized spacial score (nSPS) is 20.6. The maximum atomic E-state index is 13.5. The number of anilines is 2. The fourth-order valence-electron chi connectivity index (χ4n) is 3.21. The first-order valence-electron chi connectivity index (χ1n) is 8.61. The summed E-state index contributed by atoms with van der Waals surface area (Å²) in [5.41, 5.74) is 1.80. The Hall–Kier alpha value is -3.62. The Kier molecular flexibility index (Phi) is 4.34. The van der Waals surface area contributed by atoms with Gasteiger partial charge in [0.1, 0.15) is 12.4 Å². The molecular formula is C19H16FN5O3. The van der Waals surface area contributed by atoms with Crippen LogP contribution in [-0.4, -0.2) is 41.4 Å². The average Bonchev–Trinajstić information content (AvgIpc) is 3.17. The molecule has 1 saturated heterocycles. The van der Waals surface area contributed by atoms with Crippen LogP contribution in [0.15, 0.2) is 58.9 Å². The first-order valence-corrected chi connectivity index (χ1v) is 8.61. The molecule has 142 valence electrons. The Morgan fingerprint density at radius 2 is 1.89 bits per heavy atom. The molecule has 2 aliphatic heterocycles. The topological polar surface area (TPSA) is 94.4 Å². The van der Waals surface area contributed by atoms with Gasteiger partial charge in [-0.3, -0.25) is 19.4 Å². The maximum absolute atomic E-state index is 13.5. The highest BCUT2D eigenvalue weighted by molar-refractivity contribution is 6.25. The minimum absolute atomic E-state index is 0.128. The van der Waals surface area contributed by atoms with Crippen LogP contribution >= 0.6 is 0 Å². The number of carbonyl (C=O) groups is 3. The summed E-state index contributed by atoms with van der Waals surface area (Å²) in [6.07, 6.45) is 0. The Bertz CT molecular complexity index is 991. The van der Waals surface area contributed by atoms with E-state index >= 15 is 0 Å². The van der Waals surface area contributed by atoms with Crippen LogP contribution < -0.4 is 10.2 Å². The van der Waals surface area contributed by atoms with Crippen molar-refractivity contribution < 1.29 is 18.8 Å². The number of imide groups is 1. The number of carbonyl (C=O) groups excluding carboxylic acids is 3. The molecule has 0 spiro atoms. The lowest BCUT2D eigenvalue weighted by Crippen LogP contribution is -2.43. The number of halogens is 1. The van der Waals surface area contributed by atoms with E-state index < -0.39 is 35.6 Å². The highest BCUT2D eigenvalue weighted by Gasteiger charge is 2.55. The van der Waals surface area contributed by atoms with Gasteiger partial charge in [0.2, 0.25) is 5.91 Å². The summed E-state index contributed by atoms with van der Waals surface area (Å²) in [5, 5.41) is 11.6. The van der Waals surface area contributed by atoms with Gasteiger partial charge >= 0.3 is 0 Å². The van der Waals surface area contributed by atoms with Gasteiger partial charge in [-0.05, 0) is 37.3 Å². The number of rotatable bonds is 4. The highest BCUT2D eigenvalue weighted by atomic mass is 19.1. The molecule has 2 aromatic carbocycles. The molecule has 1 N–H and O–H groups in total. The molecule has 1 fully saturated rings. The number of aryl methyl sites for hydroxylation is 1. The van der Waals surface area contributed by atoms with Gasteiger partial charge in [0.05, 0.1) is 5.69 Å². The molecule has 2 aliphatic rings. The van der Waals surface area contributed by atoms with Crippen molar-refractivity contribution in [1.82, 2.24) is 5.01 Å². The van der Waals surface area contributed by atoms with E-state index in [0.29, 0.717) is 5.69 Å². The molecule has 0 saturated carbocycles. The van der Waals surface area contributed by atoms with Crippen molar-refractivity contribution in [3.05, 3.63) is 59.9 Å². The second-order valence-corrected chi connectivity index (χ2v) is 6.60. The SMILES string of the molecule is Cc1ccc(NC(=O)CN2N=N[C@@H]3C(=O)N(c4cccc(F)c4)C(=O)[C@H]32)cc1. The van der Waals surface area contributed by atoms with E-state index in [1.54, 1.807) is 12.1 Å². The Morgan fingerprint density at radius 1 is 1.14 bits per heavy atom. The van der Waals surface area contributed by atoms with Gasteiger partial charge in [-0.1, -0.05) is 29.0 Å². The van der Waals surface area contributed by atoms with Gasteiger partial charge in [-0.25, -0.2) is 9.29 Å².